The van der Waals surface area contributed by atoms with Crippen LogP contribution in [0.3, 0.4) is 0 Å². The van der Waals surface area contributed by atoms with Gasteiger partial charge in [0.25, 0.3) is 0 Å². The second-order valence-corrected chi connectivity index (χ2v) is 5.59. The first kappa shape index (κ1) is 18.2. The van der Waals surface area contributed by atoms with Crippen molar-refractivity contribution >= 4 is 5.96 Å². The molecule has 0 aliphatic carbocycles. The van der Waals surface area contributed by atoms with E-state index in [0.717, 1.165) is 49.8 Å². The number of aromatic nitrogens is 3. The molecule has 6 heteroatoms. The molecule has 124 valence electrons. The van der Waals surface area contributed by atoms with E-state index in [2.05, 4.69) is 57.4 Å². The molecule has 6 nitrogen and oxygen atoms in total. The number of rotatable bonds is 9. The third-order valence-corrected chi connectivity index (χ3v) is 3.36. The van der Waals surface area contributed by atoms with Crippen molar-refractivity contribution in [3.8, 4) is 0 Å². The zero-order valence-corrected chi connectivity index (χ0v) is 14.5. The van der Waals surface area contributed by atoms with Crippen molar-refractivity contribution in [1.29, 1.82) is 0 Å². The number of aliphatic imine (C=N–C) groups is 1. The van der Waals surface area contributed by atoms with Crippen molar-refractivity contribution in [2.24, 2.45) is 4.99 Å². The Morgan fingerprint density at radius 1 is 1.45 bits per heavy atom. The number of nitrogens with zero attached hydrogens (tertiary/aromatic N) is 5. The van der Waals surface area contributed by atoms with Gasteiger partial charge in [0.15, 0.2) is 5.96 Å². The second-order valence-electron chi connectivity index (χ2n) is 5.59. The molecular formula is C16H30N6. The maximum atomic E-state index is 4.63. The molecule has 1 rings (SSSR count). The third kappa shape index (κ3) is 6.28. The first-order valence-corrected chi connectivity index (χ1v) is 8.09. The molecule has 0 radical (unpaired) electrons. The number of guanidine groups is 1. The number of unbranched alkanes of at least 4 members (excludes halogenated alkanes) is 1. The van der Waals surface area contributed by atoms with E-state index >= 15 is 0 Å². The van der Waals surface area contributed by atoms with E-state index in [1.165, 1.54) is 6.42 Å². The maximum absolute atomic E-state index is 4.63. The van der Waals surface area contributed by atoms with Crippen LogP contribution in [0.1, 0.15) is 39.4 Å². The lowest BCUT2D eigenvalue weighted by molar-refractivity contribution is 0.460. The van der Waals surface area contributed by atoms with Crippen molar-refractivity contribution in [1.82, 2.24) is 25.0 Å². The van der Waals surface area contributed by atoms with Gasteiger partial charge >= 0.3 is 0 Å². The minimum absolute atomic E-state index is 0.658. The van der Waals surface area contributed by atoms with Crippen LogP contribution < -0.4 is 5.32 Å². The normalized spacial score (nSPS) is 11.5. The Hall–Kier alpha value is -1.85. The molecule has 0 unspecified atom stereocenters. The molecule has 0 aromatic carbocycles. The Kier molecular flexibility index (Phi) is 8.25. The summed E-state index contributed by atoms with van der Waals surface area (Å²) in [5.74, 6) is 1.95. The SMILES string of the molecule is C=C(C)CN=C(NCCn1cnnc1CC)N(C)CCCC. The minimum atomic E-state index is 0.658. The standard InChI is InChI=1S/C16H30N6/c1-6-8-10-21(5)16(18-12-14(3)4)17-9-11-22-13-19-20-15(22)7-2/h13H,3,6-12H2,1-2,4-5H3,(H,17,18). The molecule has 1 N–H and O–H groups in total. The Morgan fingerprint density at radius 3 is 2.86 bits per heavy atom. The van der Waals surface area contributed by atoms with Crippen LogP contribution in [0.15, 0.2) is 23.5 Å². The van der Waals surface area contributed by atoms with Crippen LogP contribution in [0.5, 0.6) is 0 Å². The van der Waals surface area contributed by atoms with Gasteiger partial charge < -0.3 is 14.8 Å². The largest absolute Gasteiger partial charge is 0.354 e. The van der Waals surface area contributed by atoms with Crippen molar-refractivity contribution in [2.75, 3.05) is 26.7 Å². The molecule has 0 saturated carbocycles. The van der Waals surface area contributed by atoms with Crippen LogP contribution in [0.4, 0.5) is 0 Å². The summed E-state index contributed by atoms with van der Waals surface area (Å²) in [5.41, 5.74) is 1.07. The van der Waals surface area contributed by atoms with Gasteiger partial charge in [-0.3, -0.25) is 0 Å². The highest BCUT2D eigenvalue weighted by Gasteiger charge is 2.06. The molecule has 0 bridgehead atoms. The molecular weight excluding hydrogens is 276 g/mol. The van der Waals surface area contributed by atoms with Crippen molar-refractivity contribution < 1.29 is 0 Å². The molecule has 0 aliphatic rings. The molecule has 22 heavy (non-hydrogen) atoms. The summed E-state index contributed by atoms with van der Waals surface area (Å²) in [6.45, 7) is 13.5. The lowest BCUT2D eigenvalue weighted by Gasteiger charge is -2.22. The van der Waals surface area contributed by atoms with Crippen LogP contribution in [0, 0.1) is 0 Å². The Labute approximate surface area is 134 Å². The van der Waals surface area contributed by atoms with Crippen LogP contribution in [-0.2, 0) is 13.0 Å². The predicted octanol–water partition coefficient (Wildman–Crippen LogP) is 2.09. The van der Waals surface area contributed by atoms with Crippen molar-refractivity contribution in [3.05, 3.63) is 24.3 Å². The first-order chi connectivity index (χ1) is 10.6. The van der Waals surface area contributed by atoms with E-state index in [0.29, 0.717) is 6.54 Å². The fourth-order valence-corrected chi connectivity index (χ4v) is 2.05. The molecule has 1 aromatic rings. The van der Waals surface area contributed by atoms with E-state index in [-0.39, 0.29) is 0 Å². The summed E-state index contributed by atoms with van der Waals surface area (Å²) < 4.78 is 2.08. The topological polar surface area (TPSA) is 58.3 Å². The molecule has 0 amide bonds. The summed E-state index contributed by atoms with van der Waals surface area (Å²) >= 11 is 0. The number of hydrogen-bond acceptors (Lipinski definition) is 3. The van der Waals surface area contributed by atoms with Gasteiger partial charge in [-0.05, 0) is 13.3 Å². The molecule has 0 spiro atoms. The smallest absolute Gasteiger partial charge is 0.194 e. The van der Waals surface area contributed by atoms with Gasteiger partial charge in [-0.15, -0.1) is 10.2 Å². The monoisotopic (exact) mass is 306 g/mol. The average Bonchev–Trinajstić information content (AvgIpc) is 2.95. The zero-order valence-electron chi connectivity index (χ0n) is 14.5. The fraction of sp³-hybridized carbons (Fsp3) is 0.688. The Balaban J connectivity index is 2.56. The second kappa shape index (κ2) is 9.97. The van der Waals surface area contributed by atoms with Gasteiger partial charge in [0, 0.05) is 33.1 Å². The molecule has 0 atom stereocenters. The third-order valence-electron chi connectivity index (χ3n) is 3.36. The molecule has 1 heterocycles. The fourth-order valence-electron chi connectivity index (χ4n) is 2.05. The van der Waals surface area contributed by atoms with Gasteiger partial charge in [0.1, 0.15) is 12.2 Å². The lowest BCUT2D eigenvalue weighted by Crippen LogP contribution is -2.41. The Morgan fingerprint density at radius 2 is 2.23 bits per heavy atom. The summed E-state index contributed by atoms with van der Waals surface area (Å²) in [6, 6.07) is 0. The van der Waals surface area contributed by atoms with Crippen LogP contribution >= 0.6 is 0 Å². The average molecular weight is 306 g/mol. The van der Waals surface area contributed by atoms with Crippen molar-refractivity contribution in [2.45, 2.75) is 46.6 Å². The highest BCUT2D eigenvalue weighted by atomic mass is 15.3. The van der Waals surface area contributed by atoms with Gasteiger partial charge in [-0.2, -0.15) is 0 Å². The predicted molar refractivity (Wildman–Crippen MR) is 92.1 cm³/mol. The van der Waals surface area contributed by atoms with E-state index < -0.39 is 0 Å². The van der Waals surface area contributed by atoms with Gasteiger partial charge in [-0.25, -0.2) is 4.99 Å². The highest BCUT2D eigenvalue weighted by molar-refractivity contribution is 5.79. The zero-order chi connectivity index (χ0) is 16.4. The highest BCUT2D eigenvalue weighted by Crippen LogP contribution is 1.97. The van der Waals surface area contributed by atoms with Crippen LogP contribution in [-0.4, -0.2) is 52.3 Å². The quantitative estimate of drug-likeness (QED) is 0.431. The van der Waals surface area contributed by atoms with Crippen LogP contribution in [0.25, 0.3) is 0 Å². The molecule has 0 aliphatic heterocycles. The molecule has 1 aromatic heterocycles. The first-order valence-electron chi connectivity index (χ1n) is 8.09. The number of nitrogens with one attached hydrogen (secondary N) is 1. The van der Waals surface area contributed by atoms with Crippen molar-refractivity contribution in [3.63, 3.8) is 0 Å². The number of aryl methyl sites for hydroxylation is 1. The summed E-state index contributed by atoms with van der Waals surface area (Å²) in [4.78, 5) is 6.81. The van der Waals surface area contributed by atoms with E-state index in [9.17, 15) is 0 Å². The maximum Gasteiger partial charge on any atom is 0.194 e. The van der Waals surface area contributed by atoms with Gasteiger partial charge in [0.05, 0.1) is 6.54 Å². The van der Waals surface area contributed by atoms with E-state index in [1.54, 1.807) is 6.33 Å². The van der Waals surface area contributed by atoms with Gasteiger partial charge in [0.2, 0.25) is 0 Å². The summed E-state index contributed by atoms with van der Waals surface area (Å²) in [5, 5.41) is 11.5. The molecule has 0 saturated heterocycles. The summed E-state index contributed by atoms with van der Waals surface area (Å²) in [6.07, 6.45) is 5.02. The number of hydrogen-bond donors (Lipinski definition) is 1. The Bertz CT molecular complexity index is 477. The minimum Gasteiger partial charge on any atom is -0.354 e. The van der Waals surface area contributed by atoms with E-state index in [4.69, 9.17) is 0 Å². The van der Waals surface area contributed by atoms with Crippen LogP contribution in [0.2, 0.25) is 0 Å². The summed E-state index contributed by atoms with van der Waals surface area (Å²) in [7, 11) is 2.08. The van der Waals surface area contributed by atoms with Gasteiger partial charge in [-0.1, -0.05) is 32.4 Å². The molecule has 0 fully saturated rings. The van der Waals surface area contributed by atoms with E-state index in [1.807, 2.05) is 6.92 Å². The lowest BCUT2D eigenvalue weighted by atomic mass is 10.3.